The van der Waals surface area contributed by atoms with E-state index in [1.807, 2.05) is 0 Å². The lowest BCUT2D eigenvalue weighted by molar-refractivity contribution is -0.200. The van der Waals surface area contributed by atoms with Crippen LogP contribution in [0.3, 0.4) is 0 Å². The number of nitrogens with two attached hydrogens (primary N) is 1. The maximum atomic E-state index is 14.5. The molecule has 0 spiro atoms. The maximum Gasteiger partial charge on any atom is 0.493 e. The van der Waals surface area contributed by atoms with Crippen LogP contribution in [0.15, 0.2) is 15.7 Å². The fourth-order valence-electron chi connectivity index (χ4n) is 2.93. The van der Waals surface area contributed by atoms with Crippen molar-refractivity contribution in [3.05, 3.63) is 32.7 Å². The summed E-state index contributed by atoms with van der Waals surface area (Å²) in [5, 5.41) is -0.513. The molecule has 1 aliphatic heterocycles. The Bertz CT molecular complexity index is 1060. The van der Waals surface area contributed by atoms with E-state index < -0.39 is 34.6 Å². The van der Waals surface area contributed by atoms with Gasteiger partial charge in [-0.05, 0) is 19.4 Å². The predicted molar refractivity (Wildman–Crippen MR) is 88.3 cm³/mol. The van der Waals surface area contributed by atoms with Gasteiger partial charge < -0.3 is 15.5 Å². The first-order chi connectivity index (χ1) is 13.0. The number of fused-ring (bicyclic) bond motifs is 1. The lowest BCUT2D eigenvalue weighted by Gasteiger charge is -2.19. The third-order valence-corrected chi connectivity index (χ3v) is 4.26. The fraction of sp³-hybridized carbons (Fsp3) is 0.467. The molecule has 13 heteroatoms. The molecule has 2 aromatic rings. The Kier molecular flexibility index (Phi) is 4.87. The van der Waals surface area contributed by atoms with Gasteiger partial charge in [-0.25, -0.2) is 19.0 Å². The summed E-state index contributed by atoms with van der Waals surface area (Å²) in [5.74, 6) is -3.81. The number of nitrogens with zero attached hydrogens (tertiary/aromatic N) is 4. The molecule has 2 aromatic heterocycles. The molecular weight excluding hydrogens is 390 g/mol. The van der Waals surface area contributed by atoms with Crippen LogP contribution in [0.1, 0.15) is 13.3 Å². The molecule has 3 rings (SSSR count). The van der Waals surface area contributed by atoms with Gasteiger partial charge in [0.25, 0.3) is 5.56 Å². The Morgan fingerprint density at radius 2 is 2.07 bits per heavy atom. The van der Waals surface area contributed by atoms with Gasteiger partial charge >= 0.3 is 17.8 Å². The summed E-state index contributed by atoms with van der Waals surface area (Å²) < 4.78 is 52.3. The normalized spacial score (nSPS) is 17.4. The molecule has 1 saturated heterocycles. The average Bonchev–Trinajstić information content (AvgIpc) is 3.04. The second-order valence-electron chi connectivity index (χ2n) is 6.16. The van der Waals surface area contributed by atoms with Crippen molar-refractivity contribution in [3.8, 4) is 0 Å². The standard InChI is InChI=1S/C15H15F4N5O4/c1-2-23-10-8(5-9(16)11(21-10)22-4-3-7(20)6-22)12(25)24(14(23)27)28-13(26)15(17,18)19/h5,7H,2-4,6,20H2,1H3. The first kappa shape index (κ1) is 19.8. The molecule has 1 fully saturated rings. The summed E-state index contributed by atoms with van der Waals surface area (Å²) in [4.78, 5) is 45.3. The fourth-order valence-corrected chi connectivity index (χ4v) is 2.93. The third-order valence-electron chi connectivity index (χ3n) is 4.26. The SMILES string of the molecule is CCn1c(=O)n(OC(=O)C(F)(F)F)c(=O)c2cc(F)c(N3CCC(N)C3)nc21. The van der Waals surface area contributed by atoms with Gasteiger partial charge in [-0.3, -0.25) is 9.36 Å². The zero-order valence-corrected chi connectivity index (χ0v) is 14.5. The van der Waals surface area contributed by atoms with Crippen LogP contribution < -0.4 is 26.7 Å². The van der Waals surface area contributed by atoms with Crippen LogP contribution in [0.5, 0.6) is 0 Å². The van der Waals surface area contributed by atoms with Gasteiger partial charge in [0, 0.05) is 25.7 Å². The Balaban J connectivity index is 2.21. The number of carbonyl (C=O) groups excluding carboxylic acids is 1. The van der Waals surface area contributed by atoms with Crippen molar-refractivity contribution in [2.75, 3.05) is 18.0 Å². The zero-order valence-electron chi connectivity index (χ0n) is 14.5. The number of carbonyl (C=O) groups is 1. The highest BCUT2D eigenvalue weighted by atomic mass is 19.4. The van der Waals surface area contributed by atoms with Crippen LogP contribution in [-0.2, 0) is 11.3 Å². The highest BCUT2D eigenvalue weighted by Gasteiger charge is 2.42. The Hall–Kier alpha value is -2.96. The van der Waals surface area contributed by atoms with Crippen molar-refractivity contribution >= 4 is 22.8 Å². The third kappa shape index (κ3) is 3.32. The van der Waals surface area contributed by atoms with E-state index in [0.717, 1.165) is 10.6 Å². The van der Waals surface area contributed by atoms with Gasteiger partial charge in [-0.2, -0.15) is 13.2 Å². The quantitative estimate of drug-likeness (QED) is 0.702. The second kappa shape index (κ2) is 6.89. The molecule has 1 unspecified atom stereocenters. The molecule has 0 aromatic carbocycles. The zero-order chi connectivity index (χ0) is 20.8. The van der Waals surface area contributed by atoms with E-state index in [1.54, 1.807) is 4.90 Å². The van der Waals surface area contributed by atoms with E-state index in [1.165, 1.54) is 6.92 Å². The number of halogens is 4. The molecule has 1 atom stereocenters. The van der Waals surface area contributed by atoms with Crippen LogP contribution in [0, 0.1) is 5.82 Å². The summed E-state index contributed by atoms with van der Waals surface area (Å²) in [5.41, 5.74) is 2.77. The number of alkyl halides is 3. The van der Waals surface area contributed by atoms with Crippen molar-refractivity contribution in [1.82, 2.24) is 14.3 Å². The van der Waals surface area contributed by atoms with Crippen molar-refractivity contribution in [2.45, 2.75) is 32.1 Å². The summed E-state index contributed by atoms with van der Waals surface area (Å²) in [7, 11) is 0. The van der Waals surface area contributed by atoms with E-state index >= 15 is 0 Å². The van der Waals surface area contributed by atoms with Crippen LogP contribution in [0.25, 0.3) is 11.0 Å². The van der Waals surface area contributed by atoms with E-state index in [0.29, 0.717) is 19.5 Å². The summed E-state index contributed by atoms with van der Waals surface area (Å²) in [6.07, 6.45) is -4.84. The minimum Gasteiger partial charge on any atom is -0.353 e. The van der Waals surface area contributed by atoms with Gasteiger partial charge in [-0.1, -0.05) is 4.73 Å². The van der Waals surface area contributed by atoms with E-state index in [9.17, 15) is 31.9 Å². The summed E-state index contributed by atoms with van der Waals surface area (Å²) >= 11 is 0. The van der Waals surface area contributed by atoms with Crippen LogP contribution >= 0.6 is 0 Å². The maximum absolute atomic E-state index is 14.5. The lowest BCUT2D eigenvalue weighted by Crippen LogP contribution is -2.48. The lowest BCUT2D eigenvalue weighted by atomic mass is 10.3. The molecule has 3 heterocycles. The molecule has 0 amide bonds. The number of hydrogen-bond acceptors (Lipinski definition) is 7. The highest BCUT2D eigenvalue weighted by Crippen LogP contribution is 2.23. The molecule has 0 aliphatic carbocycles. The summed E-state index contributed by atoms with van der Waals surface area (Å²) in [6.45, 7) is 2.05. The first-order valence-corrected chi connectivity index (χ1v) is 8.20. The van der Waals surface area contributed by atoms with Gasteiger partial charge in [0.05, 0.1) is 5.39 Å². The van der Waals surface area contributed by atoms with Crippen molar-refractivity contribution in [2.24, 2.45) is 5.73 Å². The van der Waals surface area contributed by atoms with Gasteiger partial charge in [0.1, 0.15) is 0 Å². The minimum absolute atomic E-state index is 0.128. The molecule has 0 saturated carbocycles. The predicted octanol–water partition coefficient (Wildman–Crippen LogP) is -0.228. The second-order valence-corrected chi connectivity index (χ2v) is 6.16. The summed E-state index contributed by atoms with van der Waals surface area (Å²) in [6, 6.07) is 0.549. The number of aromatic nitrogens is 3. The number of aryl methyl sites for hydroxylation is 1. The number of anilines is 1. The van der Waals surface area contributed by atoms with Crippen LogP contribution in [-0.4, -0.2) is 45.6 Å². The number of rotatable bonds is 3. The molecule has 152 valence electrons. The van der Waals surface area contributed by atoms with Crippen molar-refractivity contribution in [3.63, 3.8) is 0 Å². The van der Waals surface area contributed by atoms with Crippen molar-refractivity contribution in [1.29, 1.82) is 0 Å². The molecule has 0 radical (unpaired) electrons. The Morgan fingerprint density at radius 1 is 1.39 bits per heavy atom. The average molecular weight is 405 g/mol. The molecular formula is C15H15F4N5O4. The van der Waals surface area contributed by atoms with Crippen molar-refractivity contribution < 1.29 is 27.2 Å². The largest absolute Gasteiger partial charge is 0.493 e. The topological polar surface area (TPSA) is 112 Å². The monoisotopic (exact) mass is 405 g/mol. The molecule has 0 bridgehead atoms. The first-order valence-electron chi connectivity index (χ1n) is 8.20. The number of pyridine rings is 1. The van der Waals surface area contributed by atoms with Gasteiger partial charge in [0.2, 0.25) is 0 Å². The highest BCUT2D eigenvalue weighted by molar-refractivity contribution is 5.78. The van der Waals surface area contributed by atoms with E-state index in [2.05, 4.69) is 9.82 Å². The Labute approximate surface area is 153 Å². The van der Waals surface area contributed by atoms with Crippen LogP contribution in [0.4, 0.5) is 23.4 Å². The molecule has 2 N–H and O–H groups in total. The minimum atomic E-state index is -5.43. The number of hydrogen-bond donors (Lipinski definition) is 1. The molecule has 1 aliphatic rings. The van der Waals surface area contributed by atoms with Gasteiger partial charge in [-0.15, -0.1) is 0 Å². The van der Waals surface area contributed by atoms with Gasteiger partial charge in [0.15, 0.2) is 17.3 Å². The van der Waals surface area contributed by atoms with E-state index in [4.69, 9.17) is 5.73 Å². The molecule has 9 nitrogen and oxygen atoms in total. The van der Waals surface area contributed by atoms with E-state index in [-0.39, 0.29) is 28.8 Å². The Morgan fingerprint density at radius 3 is 2.61 bits per heavy atom. The van der Waals surface area contributed by atoms with Crippen LogP contribution in [0.2, 0.25) is 0 Å². The molecule has 28 heavy (non-hydrogen) atoms. The smallest absolute Gasteiger partial charge is 0.353 e.